The molecule has 4 nitrogen and oxygen atoms in total. The Labute approximate surface area is 121 Å². The van der Waals surface area contributed by atoms with Gasteiger partial charge in [-0.25, -0.2) is 0 Å². The lowest BCUT2D eigenvalue weighted by Gasteiger charge is -2.26. The van der Waals surface area contributed by atoms with Gasteiger partial charge in [0.1, 0.15) is 5.76 Å². The fraction of sp³-hybridized carbons (Fsp3) is 0.750. The van der Waals surface area contributed by atoms with Crippen molar-refractivity contribution in [2.24, 2.45) is 5.41 Å². The van der Waals surface area contributed by atoms with E-state index in [1.807, 2.05) is 18.7 Å². The van der Waals surface area contributed by atoms with Gasteiger partial charge in [0.05, 0.1) is 0 Å². The van der Waals surface area contributed by atoms with Crippen LogP contribution in [0.25, 0.3) is 0 Å². The normalized spacial score (nSPS) is 23.9. The highest BCUT2D eigenvalue weighted by atomic mass is 16.5. The summed E-state index contributed by atoms with van der Waals surface area (Å²) >= 11 is 0. The summed E-state index contributed by atoms with van der Waals surface area (Å²) in [6.45, 7) is 10.3. The van der Waals surface area contributed by atoms with E-state index in [0.29, 0.717) is 11.1 Å². The molecule has 20 heavy (non-hydrogen) atoms. The van der Waals surface area contributed by atoms with Crippen molar-refractivity contribution in [1.29, 1.82) is 0 Å². The van der Waals surface area contributed by atoms with Gasteiger partial charge in [-0.2, -0.15) is 0 Å². The Balaban J connectivity index is 2.05. The van der Waals surface area contributed by atoms with Crippen LogP contribution < -0.4 is 0 Å². The van der Waals surface area contributed by atoms with Gasteiger partial charge in [0.2, 0.25) is 0 Å². The lowest BCUT2D eigenvalue weighted by atomic mass is 9.80. The monoisotopic (exact) mass is 278 g/mol. The highest BCUT2D eigenvalue weighted by Crippen LogP contribution is 2.34. The van der Waals surface area contributed by atoms with Crippen molar-refractivity contribution in [3.63, 3.8) is 0 Å². The molecule has 1 aromatic rings. The summed E-state index contributed by atoms with van der Waals surface area (Å²) in [5, 5.41) is 3.93. The van der Waals surface area contributed by atoms with E-state index in [-0.39, 0.29) is 11.8 Å². The number of carbonyl (C=O) groups excluding carboxylic acids is 1. The lowest BCUT2D eigenvalue weighted by Crippen LogP contribution is -2.32. The maximum Gasteiger partial charge on any atom is 0.276 e. The summed E-state index contributed by atoms with van der Waals surface area (Å²) in [5.41, 5.74) is 0.830. The molecular formula is C16H26N2O2. The molecule has 2 rings (SSSR count). The average Bonchev–Trinajstić information content (AvgIpc) is 2.83. The van der Waals surface area contributed by atoms with Crippen LogP contribution in [-0.2, 0) is 0 Å². The molecule has 0 aromatic carbocycles. The van der Waals surface area contributed by atoms with Gasteiger partial charge in [-0.3, -0.25) is 4.79 Å². The van der Waals surface area contributed by atoms with E-state index < -0.39 is 0 Å². The molecule has 1 atom stereocenters. The Kier molecular flexibility index (Phi) is 4.51. The Bertz CT molecular complexity index is 467. The van der Waals surface area contributed by atoms with Crippen molar-refractivity contribution in [3.8, 4) is 0 Å². The number of nitrogens with zero attached hydrogens (tertiary/aromatic N) is 2. The number of likely N-dealkylation sites (tertiary alicyclic amines) is 1. The lowest BCUT2D eigenvalue weighted by molar-refractivity contribution is 0.0745. The van der Waals surface area contributed by atoms with Crippen molar-refractivity contribution in [1.82, 2.24) is 10.1 Å². The number of aromatic nitrogens is 1. The zero-order valence-corrected chi connectivity index (χ0v) is 13.1. The third-order valence-corrected chi connectivity index (χ3v) is 4.65. The van der Waals surface area contributed by atoms with Gasteiger partial charge in [0.25, 0.3) is 5.91 Å². The standard InChI is InChI=1S/C16H26N2O2/c1-5-16(4)7-6-9-18(10-8-16)15(19)13-11-14(12(2)3)20-17-13/h11-12H,5-10H2,1-4H3/t16-/m1/s1. The number of carbonyl (C=O) groups is 1. The number of amides is 1. The predicted octanol–water partition coefficient (Wildman–Crippen LogP) is 3.84. The molecule has 0 aliphatic carbocycles. The minimum atomic E-state index is 0.0148. The molecule has 1 aromatic heterocycles. The zero-order chi connectivity index (χ0) is 14.8. The highest BCUT2D eigenvalue weighted by Gasteiger charge is 2.29. The van der Waals surface area contributed by atoms with E-state index in [1.165, 1.54) is 12.8 Å². The predicted molar refractivity (Wildman–Crippen MR) is 78.7 cm³/mol. The van der Waals surface area contributed by atoms with Crippen molar-refractivity contribution in [3.05, 3.63) is 17.5 Å². The first-order valence-electron chi connectivity index (χ1n) is 7.71. The van der Waals surface area contributed by atoms with Gasteiger partial charge in [-0.05, 0) is 24.7 Å². The largest absolute Gasteiger partial charge is 0.360 e. The quantitative estimate of drug-likeness (QED) is 0.844. The zero-order valence-electron chi connectivity index (χ0n) is 13.1. The third-order valence-electron chi connectivity index (χ3n) is 4.65. The third kappa shape index (κ3) is 3.22. The number of hydrogen-bond donors (Lipinski definition) is 0. The van der Waals surface area contributed by atoms with E-state index in [2.05, 4.69) is 19.0 Å². The highest BCUT2D eigenvalue weighted by molar-refractivity contribution is 5.92. The molecule has 0 saturated carbocycles. The Morgan fingerprint density at radius 1 is 1.45 bits per heavy atom. The molecule has 1 amide bonds. The molecular weight excluding hydrogens is 252 g/mol. The molecule has 1 fully saturated rings. The van der Waals surface area contributed by atoms with Crippen LogP contribution >= 0.6 is 0 Å². The number of rotatable bonds is 3. The minimum Gasteiger partial charge on any atom is -0.360 e. The van der Waals surface area contributed by atoms with Crippen LogP contribution in [0.4, 0.5) is 0 Å². The van der Waals surface area contributed by atoms with Crippen LogP contribution in [0.1, 0.15) is 75.5 Å². The first-order chi connectivity index (χ1) is 9.45. The molecule has 0 unspecified atom stereocenters. The van der Waals surface area contributed by atoms with Gasteiger partial charge < -0.3 is 9.42 Å². The summed E-state index contributed by atoms with van der Waals surface area (Å²) < 4.78 is 5.23. The molecule has 0 radical (unpaired) electrons. The van der Waals surface area contributed by atoms with E-state index in [9.17, 15) is 4.79 Å². The molecule has 1 aliphatic heterocycles. The second-order valence-corrected chi connectivity index (χ2v) is 6.58. The molecule has 1 saturated heterocycles. The van der Waals surface area contributed by atoms with E-state index >= 15 is 0 Å². The molecule has 1 aliphatic rings. The molecule has 0 spiro atoms. The van der Waals surface area contributed by atoms with Crippen molar-refractivity contribution in [2.75, 3.05) is 13.1 Å². The van der Waals surface area contributed by atoms with Crippen LogP contribution in [0, 0.1) is 5.41 Å². The first-order valence-corrected chi connectivity index (χ1v) is 7.71. The molecule has 4 heteroatoms. The van der Waals surface area contributed by atoms with Crippen LogP contribution in [0.2, 0.25) is 0 Å². The fourth-order valence-electron chi connectivity index (χ4n) is 2.72. The van der Waals surface area contributed by atoms with Gasteiger partial charge in [0, 0.05) is 25.1 Å². The molecule has 0 N–H and O–H groups in total. The molecule has 2 heterocycles. The van der Waals surface area contributed by atoms with Crippen molar-refractivity contribution in [2.45, 2.75) is 59.3 Å². The maximum absolute atomic E-state index is 12.5. The Hall–Kier alpha value is -1.32. The van der Waals surface area contributed by atoms with E-state index in [0.717, 1.165) is 31.7 Å². The average molecular weight is 278 g/mol. The van der Waals surface area contributed by atoms with Crippen LogP contribution in [0.15, 0.2) is 10.6 Å². The summed E-state index contributed by atoms with van der Waals surface area (Å²) in [5.74, 6) is 1.05. The number of hydrogen-bond acceptors (Lipinski definition) is 3. The first kappa shape index (κ1) is 15.1. The van der Waals surface area contributed by atoms with Crippen LogP contribution in [0.3, 0.4) is 0 Å². The van der Waals surface area contributed by atoms with Gasteiger partial charge in [-0.15, -0.1) is 0 Å². The minimum absolute atomic E-state index is 0.0148. The fourth-order valence-corrected chi connectivity index (χ4v) is 2.72. The maximum atomic E-state index is 12.5. The second kappa shape index (κ2) is 5.98. The van der Waals surface area contributed by atoms with Gasteiger partial charge >= 0.3 is 0 Å². The Morgan fingerprint density at radius 2 is 2.20 bits per heavy atom. The SMILES string of the molecule is CC[C@]1(C)CCCN(C(=O)c2cc(C(C)C)on2)CC1. The van der Waals surface area contributed by atoms with Gasteiger partial charge in [-0.1, -0.05) is 39.3 Å². The Morgan fingerprint density at radius 3 is 2.80 bits per heavy atom. The van der Waals surface area contributed by atoms with E-state index in [4.69, 9.17) is 4.52 Å². The van der Waals surface area contributed by atoms with Crippen LogP contribution in [-0.4, -0.2) is 29.1 Å². The topological polar surface area (TPSA) is 46.3 Å². The van der Waals surface area contributed by atoms with Crippen LogP contribution in [0.5, 0.6) is 0 Å². The second-order valence-electron chi connectivity index (χ2n) is 6.58. The summed E-state index contributed by atoms with van der Waals surface area (Å²) in [7, 11) is 0. The smallest absolute Gasteiger partial charge is 0.276 e. The van der Waals surface area contributed by atoms with Gasteiger partial charge in [0.15, 0.2) is 5.69 Å². The van der Waals surface area contributed by atoms with E-state index in [1.54, 1.807) is 6.07 Å². The summed E-state index contributed by atoms with van der Waals surface area (Å²) in [6.07, 6.45) is 4.52. The van der Waals surface area contributed by atoms with Crippen molar-refractivity contribution >= 4 is 5.91 Å². The molecule has 112 valence electrons. The molecule has 0 bridgehead atoms. The summed E-state index contributed by atoms with van der Waals surface area (Å²) in [6, 6.07) is 1.79. The summed E-state index contributed by atoms with van der Waals surface area (Å²) in [4.78, 5) is 14.4. The van der Waals surface area contributed by atoms with Crippen molar-refractivity contribution < 1.29 is 9.32 Å².